The minimum atomic E-state index is -3.37. The van der Waals surface area contributed by atoms with Crippen molar-refractivity contribution in [2.24, 2.45) is 0 Å². The molecule has 0 N–H and O–H groups in total. The number of aromatic nitrogens is 1. The highest BCUT2D eigenvalue weighted by molar-refractivity contribution is 7.92. The van der Waals surface area contributed by atoms with Crippen molar-refractivity contribution in [1.82, 2.24) is 9.88 Å². The number of anilines is 1. The molecule has 7 heteroatoms. The van der Waals surface area contributed by atoms with Crippen LogP contribution < -0.4 is 4.31 Å². The van der Waals surface area contributed by atoms with E-state index in [1.807, 2.05) is 48.7 Å². The molecule has 1 saturated heterocycles. The maximum Gasteiger partial charge on any atom is 0.232 e. The van der Waals surface area contributed by atoms with Crippen molar-refractivity contribution in [2.75, 3.05) is 30.2 Å². The van der Waals surface area contributed by atoms with Gasteiger partial charge < -0.3 is 4.90 Å². The maximum atomic E-state index is 12.8. The molecular formula is C26H28ClN3O2S. The summed E-state index contributed by atoms with van der Waals surface area (Å²) in [4.78, 5) is 7.07. The summed E-state index contributed by atoms with van der Waals surface area (Å²) in [6.45, 7) is 2.94. The molecule has 0 bridgehead atoms. The first kappa shape index (κ1) is 22.4. The van der Waals surface area contributed by atoms with Crippen molar-refractivity contribution in [3.05, 3.63) is 71.4 Å². The molecule has 2 aromatic carbocycles. The Morgan fingerprint density at radius 2 is 1.67 bits per heavy atom. The molecule has 0 radical (unpaired) electrons. The van der Waals surface area contributed by atoms with Gasteiger partial charge in [-0.2, -0.15) is 0 Å². The summed E-state index contributed by atoms with van der Waals surface area (Å²) in [7, 11) is -3.37. The van der Waals surface area contributed by atoms with Crippen molar-refractivity contribution in [1.29, 1.82) is 0 Å². The molecule has 3 aromatic rings. The Bertz CT molecular complexity index is 1240. The number of fused-ring (bicyclic) bond motifs is 1. The molecule has 3 heterocycles. The molecule has 0 amide bonds. The zero-order chi connectivity index (χ0) is 23.0. The van der Waals surface area contributed by atoms with Crippen LogP contribution in [0.2, 0.25) is 5.02 Å². The van der Waals surface area contributed by atoms with Crippen LogP contribution in [-0.4, -0.2) is 50.2 Å². The first-order valence-electron chi connectivity index (χ1n) is 11.5. The number of likely N-dealkylation sites (tertiary alicyclic amines) is 1. The molecule has 5 nitrogen and oxygen atoms in total. The summed E-state index contributed by atoms with van der Waals surface area (Å²) in [6.07, 6.45) is 7.31. The summed E-state index contributed by atoms with van der Waals surface area (Å²) in [5, 5.41) is 0.711. The molecule has 0 aliphatic carbocycles. The van der Waals surface area contributed by atoms with Gasteiger partial charge in [0.15, 0.2) is 0 Å². The highest BCUT2D eigenvalue weighted by Gasteiger charge is 2.34. The van der Waals surface area contributed by atoms with Gasteiger partial charge in [0.25, 0.3) is 0 Å². The van der Waals surface area contributed by atoms with E-state index in [4.69, 9.17) is 11.6 Å². The normalized spacial score (nSPS) is 19.0. The standard InChI is InChI=1S/C26H28ClN3O2S/c1-33(31,32)30-24(18-29-14-2-3-15-29)11-6-21-16-20(8-13-26(21)30)25-12-7-22(17-28-25)19-4-9-23(27)10-5-19/h4-5,7-10,12-13,16-17,24H,2-3,6,11,14-15,18H2,1H3. The molecular weight excluding hydrogens is 454 g/mol. The van der Waals surface area contributed by atoms with Gasteiger partial charge in [0, 0.05) is 28.9 Å². The van der Waals surface area contributed by atoms with Crippen LogP contribution in [0.3, 0.4) is 0 Å². The van der Waals surface area contributed by atoms with E-state index in [1.165, 1.54) is 19.1 Å². The number of sulfonamides is 1. The van der Waals surface area contributed by atoms with E-state index in [-0.39, 0.29) is 6.04 Å². The summed E-state index contributed by atoms with van der Waals surface area (Å²) >= 11 is 5.99. The molecule has 5 rings (SSSR count). The third kappa shape index (κ3) is 4.79. The van der Waals surface area contributed by atoms with Crippen LogP contribution in [0.5, 0.6) is 0 Å². The predicted octanol–water partition coefficient (Wildman–Crippen LogP) is 5.25. The lowest BCUT2D eigenvalue weighted by Crippen LogP contribution is -2.48. The van der Waals surface area contributed by atoms with Gasteiger partial charge in [-0.15, -0.1) is 0 Å². The lowest BCUT2D eigenvalue weighted by Gasteiger charge is -2.39. The third-order valence-corrected chi connectivity index (χ3v) is 8.12. The largest absolute Gasteiger partial charge is 0.301 e. The number of pyridine rings is 1. The van der Waals surface area contributed by atoms with E-state index in [2.05, 4.69) is 22.0 Å². The fourth-order valence-corrected chi connectivity index (χ4v) is 6.43. The Hall–Kier alpha value is -2.41. The highest BCUT2D eigenvalue weighted by Crippen LogP contribution is 2.36. The summed E-state index contributed by atoms with van der Waals surface area (Å²) in [5.74, 6) is 0. The highest BCUT2D eigenvalue weighted by atomic mass is 35.5. The van der Waals surface area contributed by atoms with E-state index in [1.54, 1.807) is 4.31 Å². The Morgan fingerprint density at radius 1 is 0.970 bits per heavy atom. The first-order chi connectivity index (χ1) is 15.9. The molecule has 1 unspecified atom stereocenters. The molecule has 1 aromatic heterocycles. The van der Waals surface area contributed by atoms with Gasteiger partial charge in [-0.3, -0.25) is 9.29 Å². The number of hydrogen-bond donors (Lipinski definition) is 0. The van der Waals surface area contributed by atoms with Crippen molar-refractivity contribution in [2.45, 2.75) is 31.7 Å². The van der Waals surface area contributed by atoms with Crippen molar-refractivity contribution >= 4 is 27.3 Å². The van der Waals surface area contributed by atoms with Crippen LogP contribution in [0.15, 0.2) is 60.8 Å². The molecule has 2 aliphatic rings. The van der Waals surface area contributed by atoms with Gasteiger partial charge in [-0.1, -0.05) is 35.9 Å². The van der Waals surface area contributed by atoms with E-state index in [9.17, 15) is 8.42 Å². The lowest BCUT2D eigenvalue weighted by molar-refractivity contribution is 0.306. The summed E-state index contributed by atoms with van der Waals surface area (Å²) < 4.78 is 27.2. The van der Waals surface area contributed by atoms with Gasteiger partial charge in [0.05, 0.1) is 23.7 Å². The van der Waals surface area contributed by atoms with Gasteiger partial charge >= 0.3 is 0 Å². The average molecular weight is 482 g/mol. The SMILES string of the molecule is CS(=O)(=O)N1c2ccc(-c3ccc(-c4ccc(Cl)cc4)cn3)cc2CCC1CN1CCCC1. The molecule has 1 atom stereocenters. The number of nitrogens with zero attached hydrogens (tertiary/aromatic N) is 3. The first-order valence-corrected chi connectivity index (χ1v) is 13.7. The smallest absolute Gasteiger partial charge is 0.232 e. The lowest BCUT2D eigenvalue weighted by atomic mass is 9.95. The molecule has 33 heavy (non-hydrogen) atoms. The van der Waals surface area contributed by atoms with Crippen LogP contribution in [0.25, 0.3) is 22.4 Å². The van der Waals surface area contributed by atoms with E-state index in [0.29, 0.717) is 5.02 Å². The second-order valence-corrected chi connectivity index (χ2v) is 11.3. The monoisotopic (exact) mass is 481 g/mol. The van der Waals surface area contributed by atoms with E-state index < -0.39 is 10.0 Å². The van der Waals surface area contributed by atoms with Gasteiger partial charge in [-0.05, 0) is 80.2 Å². The number of hydrogen-bond acceptors (Lipinski definition) is 4. The third-order valence-electron chi connectivity index (χ3n) is 6.66. The van der Waals surface area contributed by atoms with Crippen LogP contribution >= 0.6 is 11.6 Å². The molecule has 2 aliphatic heterocycles. The fraction of sp³-hybridized carbons (Fsp3) is 0.346. The summed E-state index contributed by atoms with van der Waals surface area (Å²) in [6, 6.07) is 17.8. The Kier molecular flexibility index (Phi) is 6.16. The predicted molar refractivity (Wildman–Crippen MR) is 135 cm³/mol. The minimum Gasteiger partial charge on any atom is -0.301 e. The van der Waals surface area contributed by atoms with Gasteiger partial charge in [-0.25, -0.2) is 8.42 Å². The molecule has 0 saturated carbocycles. The van der Waals surface area contributed by atoms with Crippen molar-refractivity contribution in [3.63, 3.8) is 0 Å². The number of benzene rings is 2. The van der Waals surface area contributed by atoms with E-state index in [0.717, 1.165) is 66.1 Å². The van der Waals surface area contributed by atoms with Crippen LogP contribution in [0.1, 0.15) is 24.8 Å². The topological polar surface area (TPSA) is 53.5 Å². The van der Waals surface area contributed by atoms with E-state index >= 15 is 0 Å². The fourth-order valence-electron chi connectivity index (χ4n) is 5.05. The zero-order valence-corrected chi connectivity index (χ0v) is 20.3. The van der Waals surface area contributed by atoms with Crippen LogP contribution in [-0.2, 0) is 16.4 Å². The minimum absolute atomic E-state index is 0.00626. The van der Waals surface area contributed by atoms with Crippen molar-refractivity contribution in [3.8, 4) is 22.4 Å². The van der Waals surface area contributed by atoms with Crippen molar-refractivity contribution < 1.29 is 8.42 Å². The Balaban J connectivity index is 1.42. The molecule has 1 fully saturated rings. The zero-order valence-electron chi connectivity index (χ0n) is 18.7. The number of halogens is 1. The maximum absolute atomic E-state index is 12.8. The Morgan fingerprint density at radius 3 is 2.33 bits per heavy atom. The van der Waals surface area contributed by atoms with Gasteiger partial charge in [0.1, 0.15) is 0 Å². The average Bonchev–Trinajstić information content (AvgIpc) is 3.31. The van der Waals surface area contributed by atoms with Crippen LogP contribution in [0, 0.1) is 0 Å². The molecule has 0 spiro atoms. The second-order valence-electron chi connectivity index (χ2n) is 9.04. The summed E-state index contributed by atoms with van der Waals surface area (Å²) in [5.41, 5.74) is 5.86. The molecule has 172 valence electrons. The Labute approximate surface area is 201 Å². The van der Waals surface area contributed by atoms with Gasteiger partial charge in [0.2, 0.25) is 10.0 Å². The number of aryl methyl sites for hydroxylation is 1. The van der Waals surface area contributed by atoms with Crippen LogP contribution in [0.4, 0.5) is 5.69 Å². The number of rotatable bonds is 5. The second kappa shape index (κ2) is 9.09. The quantitative estimate of drug-likeness (QED) is 0.499.